The zero-order chi connectivity index (χ0) is 18.8. The van der Waals surface area contributed by atoms with Crippen molar-refractivity contribution in [1.29, 1.82) is 0 Å². The van der Waals surface area contributed by atoms with Crippen molar-refractivity contribution in [2.75, 3.05) is 13.7 Å². The summed E-state index contributed by atoms with van der Waals surface area (Å²) in [5, 5.41) is 1.18. The predicted molar refractivity (Wildman–Crippen MR) is 126 cm³/mol. The van der Waals surface area contributed by atoms with Gasteiger partial charge in [-0.25, -0.2) is 0 Å². The normalized spacial score (nSPS) is 18.3. The van der Waals surface area contributed by atoms with Crippen molar-refractivity contribution in [3.8, 4) is 5.75 Å². The topological polar surface area (TPSA) is 34.5 Å². The Morgan fingerprint density at radius 1 is 1.07 bits per heavy atom. The highest BCUT2D eigenvalue weighted by Gasteiger charge is 2.28. The maximum Gasteiger partial charge on any atom is 0.119 e. The van der Waals surface area contributed by atoms with Crippen LogP contribution >= 0.6 is 48.0 Å². The minimum absolute atomic E-state index is 0. The van der Waals surface area contributed by atoms with Gasteiger partial charge in [0.1, 0.15) is 5.75 Å². The minimum atomic E-state index is 0. The standard InChI is InChI=1S/C22H24Cl2N2O.2ClH/c1-27-16-6-7-17-18(9-16)15(8-14-4-2-3-5-14)11-26-22(17)10-19-20(23)12-25-13-21(19)24;;/h6-7,9,12-15H,2-5,8,10-11H2,1H3;2*1H. The maximum absolute atomic E-state index is 6.34. The third kappa shape index (κ3) is 5.38. The van der Waals surface area contributed by atoms with Gasteiger partial charge in [-0.1, -0.05) is 48.9 Å². The summed E-state index contributed by atoms with van der Waals surface area (Å²) in [6.45, 7) is 0.826. The van der Waals surface area contributed by atoms with Crippen LogP contribution in [0.1, 0.15) is 54.7 Å². The highest BCUT2D eigenvalue weighted by Crippen LogP contribution is 2.39. The third-order valence-corrected chi connectivity index (χ3v) is 6.55. The van der Waals surface area contributed by atoms with E-state index in [0.717, 1.165) is 29.5 Å². The SMILES string of the molecule is COc1ccc2c(c1)C(CC1CCCC1)CN=C2Cc1c(Cl)cncc1Cl.Cl.Cl. The molecule has 7 heteroatoms. The van der Waals surface area contributed by atoms with Crippen LogP contribution in [-0.2, 0) is 6.42 Å². The van der Waals surface area contributed by atoms with E-state index in [-0.39, 0.29) is 24.8 Å². The van der Waals surface area contributed by atoms with Gasteiger partial charge < -0.3 is 4.74 Å². The Balaban J connectivity index is 0.00000150. The summed E-state index contributed by atoms with van der Waals surface area (Å²) in [6, 6.07) is 6.35. The number of fused-ring (bicyclic) bond motifs is 1. The number of nitrogens with zero attached hydrogens (tertiary/aromatic N) is 2. The van der Waals surface area contributed by atoms with E-state index in [1.165, 1.54) is 43.2 Å². The molecule has 3 nitrogen and oxygen atoms in total. The summed E-state index contributed by atoms with van der Waals surface area (Å²) in [7, 11) is 1.72. The number of aliphatic imine (C=N–C) groups is 1. The number of halogens is 4. The van der Waals surface area contributed by atoms with Crippen molar-refractivity contribution in [1.82, 2.24) is 4.98 Å². The molecule has 1 unspecified atom stereocenters. The van der Waals surface area contributed by atoms with Gasteiger partial charge in [0.25, 0.3) is 0 Å². The number of hydrogen-bond acceptors (Lipinski definition) is 3. The first kappa shape index (κ1) is 24.3. The van der Waals surface area contributed by atoms with Crippen molar-refractivity contribution in [2.45, 2.75) is 44.4 Å². The minimum Gasteiger partial charge on any atom is -0.497 e. The highest BCUT2D eigenvalue weighted by molar-refractivity contribution is 6.36. The first-order valence-corrected chi connectivity index (χ1v) is 10.4. The molecule has 4 rings (SSSR count). The van der Waals surface area contributed by atoms with Crippen LogP contribution in [0.15, 0.2) is 35.6 Å². The lowest BCUT2D eigenvalue weighted by Crippen LogP contribution is -2.21. The lowest BCUT2D eigenvalue weighted by atomic mass is 9.81. The molecule has 1 fully saturated rings. The van der Waals surface area contributed by atoms with Gasteiger partial charge in [0, 0.05) is 37.0 Å². The first-order chi connectivity index (χ1) is 13.2. The summed E-state index contributed by atoms with van der Waals surface area (Å²) in [5.74, 6) is 2.20. The number of rotatable bonds is 5. The summed E-state index contributed by atoms with van der Waals surface area (Å²) in [4.78, 5) is 9.02. The van der Waals surface area contributed by atoms with Gasteiger partial charge >= 0.3 is 0 Å². The van der Waals surface area contributed by atoms with Crippen molar-refractivity contribution < 1.29 is 4.74 Å². The van der Waals surface area contributed by atoms with Crippen molar-refractivity contribution in [2.24, 2.45) is 10.9 Å². The van der Waals surface area contributed by atoms with Gasteiger partial charge in [-0.2, -0.15) is 0 Å². The number of ether oxygens (including phenoxy) is 1. The van der Waals surface area contributed by atoms with E-state index in [1.54, 1.807) is 19.5 Å². The molecule has 0 radical (unpaired) electrons. The van der Waals surface area contributed by atoms with E-state index >= 15 is 0 Å². The largest absolute Gasteiger partial charge is 0.497 e. The van der Waals surface area contributed by atoms with Gasteiger partial charge in [-0.05, 0) is 47.2 Å². The number of pyridine rings is 1. The van der Waals surface area contributed by atoms with E-state index in [4.69, 9.17) is 32.9 Å². The van der Waals surface area contributed by atoms with E-state index < -0.39 is 0 Å². The molecule has 0 N–H and O–H groups in total. The van der Waals surface area contributed by atoms with Crippen LogP contribution in [0.2, 0.25) is 10.0 Å². The molecule has 0 bridgehead atoms. The van der Waals surface area contributed by atoms with E-state index in [0.29, 0.717) is 22.4 Å². The zero-order valence-electron chi connectivity index (χ0n) is 16.4. The molecule has 158 valence electrons. The fraction of sp³-hybridized carbons (Fsp3) is 0.455. The van der Waals surface area contributed by atoms with Gasteiger partial charge in [0.15, 0.2) is 0 Å². The lowest BCUT2D eigenvalue weighted by molar-refractivity contribution is 0.410. The quantitative estimate of drug-likeness (QED) is 0.468. The van der Waals surface area contributed by atoms with Crippen LogP contribution in [0.3, 0.4) is 0 Å². The second-order valence-electron chi connectivity index (χ2n) is 7.58. The van der Waals surface area contributed by atoms with Crippen LogP contribution in [0.4, 0.5) is 0 Å². The van der Waals surface area contributed by atoms with E-state index in [9.17, 15) is 0 Å². The van der Waals surface area contributed by atoms with Gasteiger partial charge in [-0.3, -0.25) is 9.98 Å². The number of aromatic nitrogens is 1. The van der Waals surface area contributed by atoms with Gasteiger partial charge in [-0.15, -0.1) is 24.8 Å². The fourth-order valence-corrected chi connectivity index (χ4v) is 4.95. The van der Waals surface area contributed by atoms with Crippen molar-refractivity contribution in [3.05, 3.63) is 57.3 Å². The average Bonchev–Trinajstić information content (AvgIpc) is 3.19. The van der Waals surface area contributed by atoms with E-state index in [2.05, 4.69) is 17.1 Å². The van der Waals surface area contributed by atoms with Gasteiger partial charge in [0.2, 0.25) is 0 Å². The monoisotopic (exact) mass is 474 g/mol. The highest BCUT2D eigenvalue weighted by atomic mass is 35.5. The molecule has 2 heterocycles. The molecule has 0 amide bonds. The Morgan fingerprint density at radius 2 is 1.76 bits per heavy atom. The smallest absolute Gasteiger partial charge is 0.119 e. The molecule has 1 aliphatic carbocycles. The molecule has 2 aromatic rings. The Bertz CT molecular complexity index is 846. The number of hydrogen-bond donors (Lipinski definition) is 0. The first-order valence-electron chi connectivity index (χ1n) is 9.65. The van der Waals surface area contributed by atoms with Crippen LogP contribution < -0.4 is 4.74 Å². The van der Waals surface area contributed by atoms with Crippen LogP contribution in [0.25, 0.3) is 0 Å². The summed E-state index contributed by atoms with van der Waals surface area (Å²) in [5.41, 5.74) is 4.50. The molecule has 0 spiro atoms. The van der Waals surface area contributed by atoms with Crippen LogP contribution in [0.5, 0.6) is 5.75 Å². The predicted octanol–water partition coefficient (Wildman–Crippen LogP) is 6.95. The zero-order valence-corrected chi connectivity index (χ0v) is 19.5. The maximum atomic E-state index is 6.34. The molecular formula is C22H26Cl4N2O. The lowest BCUT2D eigenvalue weighted by Gasteiger charge is -2.28. The number of benzene rings is 1. The molecule has 1 saturated carbocycles. The Morgan fingerprint density at radius 3 is 2.41 bits per heavy atom. The molecule has 1 aromatic heterocycles. The molecule has 29 heavy (non-hydrogen) atoms. The molecule has 0 saturated heterocycles. The second kappa shape index (κ2) is 10.9. The summed E-state index contributed by atoms with van der Waals surface area (Å²) in [6.07, 6.45) is 10.6. The molecule has 2 aliphatic rings. The van der Waals surface area contributed by atoms with Crippen LogP contribution in [-0.4, -0.2) is 24.4 Å². The Hall–Kier alpha value is -1.000. The van der Waals surface area contributed by atoms with Crippen LogP contribution in [0, 0.1) is 5.92 Å². The summed E-state index contributed by atoms with van der Waals surface area (Å²) < 4.78 is 5.50. The Kier molecular flexibility index (Phi) is 9.09. The fourth-order valence-electron chi connectivity index (χ4n) is 4.45. The number of methoxy groups -OCH3 is 1. The second-order valence-corrected chi connectivity index (χ2v) is 8.40. The van der Waals surface area contributed by atoms with Crippen molar-refractivity contribution in [3.63, 3.8) is 0 Å². The molecule has 1 aliphatic heterocycles. The van der Waals surface area contributed by atoms with E-state index in [1.807, 2.05) is 6.07 Å². The molecular weight excluding hydrogens is 450 g/mol. The third-order valence-electron chi connectivity index (χ3n) is 5.90. The average molecular weight is 476 g/mol. The summed E-state index contributed by atoms with van der Waals surface area (Å²) >= 11 is 12.7. The van der Waals surface area contributed by atoms with Gasteiger partial charge in [0.05, 0.1) is 17.2 Å². The molecule has 1 atom stereocenters. The Labute approximate surface area is 195 Å². The molecule has 1 aromatic carbocycles. The van der Waals surface area contributed by atoms with Crippen molar-refractivity contribution >= 4 is 53.7 Å².